The fourth-order valence-electron chi connectivity index (χ4n) is 0. The van der Waals surface area contributed by atoms with Crippen molar-refractivity contribution in [2.75, 3.05) is 25.7 Å². The van der Waals surface area contributed by atoms with Gasteiger partial charge in [-0.05, 0) is 76.2 Å². The Morgan fingerprint density at radius 1 is 0.708 bits per heavy atom. The van der Waals surface area contributed by atoms with Crippen LogP contribution in [0.25, 0.3) is 0 Å². The molecule has 0 saturated carbocycles. The van der Waals surface area contributed by atoms with Crippen molar-refractivity contribution in [3.8, 4) is 36.5 Å². The van der Waals surface area contributed by atoms with Gasteiger partial charge in [-0.3, -0.25) is 4.79 Å². The van der Waals surface area contributed by atoms with Gasteiger partial charge in [0.1, 0.15) is 23.5 Å². The first-order valence-corrected chi connectivity index (χ1v) is 18.7. The van der Waals surface area contributed by atoms with Crippen LogP contribution in [0.15, 0.2) is 35.7 Å². The van der Waals surface area contributed by atoms with Gasteiger partial charge >= 0.3 is 180 Å². The van der Waals surface area contributed by atoms with Gasteiger partial charge in [0.2, 0.25) is 0 Å². The summed E-state index contributed by atoms with van der Waals surface area (Å²) in [6.07, 6.45) is 2.10. The van der Waals surface area contributed by atoms with Crippen LogP contribution in [0.1, 0.15) is 155 Å². The van der Waals surface area contributed by atoms with E-state index in [2.05, 4.69) is 55.7 Å². The van der Waals surface area contributed by atoms with E-state index >= 15 is 0 Å². The van der Waals surface area contributed by atoms with Crippen molar-refractivity contribution in [3.05, 3.63) is 35.7 Å². The summed E-state index contributed by atoms with van der Waals surface area (Å²) in [4.78, 5) is 20.1. The number of halogens is 11. The third kappa shape index (κ3) is 658. The number of carbonyl (C=O) groups is 2. The van der Waals surface area contributed by atoms with Crippen LogP contribution < -0.4 is 167 Å². The number of terminal acetylenes is 2. The molecular weight excluding hydrogens is 1090 g/mol. The van der Waals surface area contributed by atoms with E-state index in [9.17, 15) is 39.5 Å². The second-order valence-corrected chi connectivity index (χ2v) is 7.58. The Hall–Kier alpha value is 2.51. The van der Waals surface area contributed by atoms with E-state index in [1.807, 2.05) is 96.9 Å². The van der Waals surface area contributed by atoms with Crippen molar-refractivity contribution in [2.45, 2.75) is 158 Å². The van der Waals surface area contributed by atoms with Crippen molar-refractivity contribution < 1.29 is 244 Å². The molecule has 0 aliphatic carbocycles. The van der Waals surface area contributed by atoms with Crippen molar-refractivity contribution >= 4 is 54.1 Å². The minimum Gasteiger partial charge on any atom is -1.00 e. The molecule has 0 amide bonds. The molecule has 0 bridgehead atoms. The maximum Gasteiger partial charge on any atom is 1.00 e. The number of allylic oxidation sites excluding steroid dienone is 3. The number of carbonyl (C=O) groups excluding carboxylic acids is 2. The molecule has 3 N–H and O–H groups in total. The molecule has 0 spiro atoms. The summed E-state index contributed by atoms with van der Waals surface area (Å²) < 4.78 is 101. The van der Waals surface area contributed by atoms with E-state index in [0.717, 1.165) is 32.1 Å². The molecule has 8 nitrogen and oxygen atoms in total. The van der Waals surface area contributed by atoms with Crippen LogP contribution in [-0.2, 0) is 19.2 Å². The summed E-state index contributed by atoms with van der Waals surface area (Å²) in [5, 5.41) is 25.7. The first-order chi connectivity index (χ1) is 26.9. The molecule has 0 fully saturated rings. The maximum absolute atomic E-state index is 11.3. The van der Waals surface area contributed by atoms with Gasteiger partial charge in [0.15, 0.2) is 5.83 Å². The number of aliphatic hydroxyl groups excluding tert-OH is 1. The van der Waals surface area contributed by atoms with E-state index in [1.165, 1.54) is 6.92 Å². The Kier molecular flexibility index (Phi) is 470. The van der Waals surface area contributed by atoms with Crippen LogP contribution in [0.5, 0.6) is 0 Å². The van der Waals surface area contributed by atoms with E-state index in [0.29, 0.717) is 6.92 Å². The van der Waals surface area contributed by atoms with Crippen LogP contribution in [0, 0.1) is 36.5 Å². The Morgan fingerprint density at radius 2 is 0.815 bits per heavy atom. The van der Waals surface area contributed by atoms with Gasteiger partial charge in [0, 0.05) is 34.1 Å². The number of methoxy groups -OCH3 is 1. The topological polar surface area (TPSA) is 146 Å². The molecule has 0 aromatic heterocycles. The smallest absolute Gasteiger partial charge is 1.00 e. The monoisotopic (exact) mass is 1170 g/mol. The zero-order valence-corrected chi connectivity index (χ0v) is 58.6. The van der Waals surface area contributed by atoms with Gasteiger partial charge < -0.3 is 38.2 Å². The molecule has 65 heavy (non-hydrogen) atoms. The molecule has 0 heterocycles. The van der Waals surface area contributed by atoms with E-state index in [1.54, 1.807) is 34.8 Å². The molecule has 0 rings (SSSR count). The number of alkyl halides is 1. The van der Waals surface area contributed by atoms with E-state index in [4.69, 9.17) is 31.5 Å². The van der Waals surface area contributed by atoms with Gasteiger partial charge in [0.05, 0.1) is 0 Å². The van der Waals surface area contributed by atoms with Crippen molar-refractivity contribution in [2.24, 2.45) is 0 Å². The summed E-state index contributed by atoms with van der Waals surface area (Å²) in [5.74, 6) is 6.88. The number of aldehydes is 1. The van der Waals surface area contributed by atoms with Gasteiger partial charge in [-0.25, -0.2) is 13.2 Å². The van der Waals surface area contributed by atoms with Gasteiger partial charge in [-0.1, -0.05) is 98.0 Å². The van der Waals surface area contributed by atoms with Crippen molar-refractivity contribution in [1.29, 1.82) is 0 Å². The summed E-state index contributed by atoms with van der Waals surface area (Å²) in [7, 11) is 1.68. The molecule has 24 heteroatoms. The summed E-state index contributed by atoms with van der Waals surface area (Å²) in [6.45, 7) is 39.3. The zero-order chi connectivity index (χ0) is 51.7. The number of ether oxygens (including phenoxy) is 1. The largest absolute Gasteiger partial charge is 1.00 e. The first kappa shape index (κ1) is 151. The molecule has 0 aliphatic rings. The summed E-state index contributed by atoms with van der Waals surface area (Å²) in [6, 6.07) is 0. The predicted molar refractivity (Wildman–Crippen MR) is 252 cm³/mol. The van der Waals surface area contributed by atoms with E-state index < -0.39 is 41.3 Å². The second kappa shape index (κ2) is 203. The van der Waals surface area contributed by atoms with Gasteiger partial charge in [0.25, 0.3) is 6.47 Å². The third-order valence-corrected chi connectivity index (χ3v) is 1.81. The van der Waals surface area contributed by atoms with Crippen LogP contribution in [-0.4, -0.2) is 68.1 Å². The minimum atomic E-state index is -2.91. The normalized spacial score (nSPS) is 6.06. The molecule has 0 aromatic rings. The number of hydrogen-bond acceptors (Lipinski definition) is 8. The standard InChI is InChI=1S/C5H8O.C4H6F2.C4H6.C3H3F3.C3H8O.C3H4.C2H5Br.C2F4.C2H6O.C2H4O.5C2H6.CH2O3.B.BrH.2K.2Na.H2O.2H/c1-4-5(2,3)6;1-3(5)4(2)6;1-3-4-2;1-2(4)3(5)6;1-3-4-2;1-3-2;1-2-3;3-1(4)2(5)6;2*1-2-3;5*1-2;2-1-4-3;;;;;;;;;/h1,6H,2-3H3;1-2H3;1-2H3;1H3;3H2,1-2H3;1H,2H3;2H2,1H3;;3H,2H2,1H3;2H,1H3;5*1-2H3;1,3H;;1H;;;;;1H2;;/q;;;;;;;;;;;;;;;;;;4*+1;;2*-1/p-2/b;4-3+;;;;;;;;;;;;;;;;;;;;;;;. The molecular formula is C41H85BBr2F9K2Na2O8. The molecule has 0 unspecified atom stereocenters. The van der Waals surface area contributed by atoms with Crippen LogP contribution in [0.2, 0.25) is 0 Å². The fourth-order valence-corrected chi connectivity index (χ4v) is 0. The summed E-state index contributed by atoms with van der Waals surface area (Å²) in [5.41, 5.74) is -0.931. The van der Waals surface area contributed by atoms with Crippen LogP contribution in [0.3, 0.4) is 0 Å². The fraction of sp³-hybridized carbons (Fsp3) is 0.659. The molecule has 3 radical (unpaired) electrons. The Labute approximate surface area is 546 Å². The van der Waals surface area contributed by atoms with Crippen molar-refractivity contribution in [3.63, 3.8) is 0 Å². The number of hydrogen-bond donors (Lipinski definition) is 2. The zero-order valence-electron chi connectivity index (χ0n) is 47.1. The van der Waals surface area contributed by atoms with Crippen LogP contribution >= 0.6 is 32.9 Å². The Balaban J connectivity index is -0.0000000123. The Bertz CT molecular complexity index is 812. The first-order valence-electron chi connectivity index (χ1n) is 17.6. The Morgan fingerprint density at radius 3 is 0.815 bits per heavy atom. The molecule has 0 aromatic carbocycles. The minimum absolute atomic E-state index is 0. The average Bonchev–Trinajstić information content (AvgIpc) is 3.20. The quantitative estimate of drug-likeness (QED) is 0.0817. The van der Waals surface area contributed by atoms with Gasteiger partial charge in [-0.2, -0.15) is 26.3 Å². The SMILES string of the molecule is Br.C#CC.C#CC(C)(C)O.C/C(F)=C(/C)F.CC.CC.CC.CC.CC.CC#CC.CC(F)=C(F)F.CC=O.CCBr.CCO.CCOC.FC(F)=C(F)F.O=CO[O-].[B].[H-].[H-].[K+].[K+].[Na+].[Na+].[OH-]. The molecule has 0 saturated heterocycles. The maximum atomic E-state index is 11.3. The predicted octanol–water partition coefficient (Wildman–Crippen LogP) is 2.40. The number of rotatable bonds is 2. The molecule has 381 valence electrons. The second-order valence-electron chi connectivity index (χ2n) is 6.46. The molecule has 0 atom stereocenters. The number of aliphatic hydroxyl groups is 2. The third-order valence-electron chi connectivity index (χ3n) is 1.81. The van der Waals surface area contributed by atoms with Crippen molar-refractivity contribution in [1.82, 2.24) is 0 Å². The summed E-state index contributed by atoms with van der Waals surface area (Å²) >= 11 is 3.15. The van der Waals surface area contributed by atoms with E-state index in [-0.39, 0.29) is 209 Å². The van der Waals surface area contributed by atoms with Crippen LogP contribution in [0.4, 0.5) is 39.5 Å². The van der Waals surface area contributed by atoms with Gasteiger partial charge in [-0.15, -0.1) is 47.6 Å². The molecule has 0 aliphatic heterocycles. The average molecular weight is 1170 g/mol.